The van der Waals surface area contributed by atoms with Crippen LogP contribution in [-0.4, -0.2) is 38.9 Å². The molecule has 1 aromatic rings. The van der Waals surface area contributed by atoms with Crippen molar-refractivity contribution in [3.63, 3.8) is 0 Å². The molecule has 1 aromatic carbocycles. The molecule has 3 fully saturated rings. The van der Waals surface area contributed by atoms with Gasteiger partial charge >= 0.3 is 0 Å². The summed E-state index contributed by atoms with van der Waals surface area (Å²) in [4.78, 5) is 2.71. The van der Waals surface area contributed by atoms with Crippen LogP contribution in [0.5, 0.6) is 0 Å². The SMILES string of the molecule is CC(C)(C)C1CN(c2cc(Br)ccc2S(=O)(=O)N2C[C@H]3CCC[C@H]3C2)C1. The number of fused-ring (bicyclic) bond motifs is 1. The Bertz CT molecular complexity index is 785. The van der Waals surface area contributed by atoms with Gasteiger partial charge in [-0.3, -0.25) is 0 Å². The maximum absolute atomic E-state index is 13.4. The fraction of sp³-hybridized carbons (Fsp3) is 0.700. The maximum Gasteiger partial charge on any atom is 0.245 e. The minimum atomic E-state index is -3.43. The van der Waals surface area contributed by atoms with Crippen LogP contribution in [0.2, 0.25) is 0 Å². The van der Waals surface area contributed by atoms with Crippen LogP contribution < -0.4 is 4.90 Å². The van der Waals surface area contributed by atoms with E-state index < -0.39 is 10.0 Å². The topological polar surface area (TPSA) is 40.6 Å². The van der Waals surface area contributed by atoms with Crippen LogP contribution in [0.15, 0.2) is 27.6 Å². The lowest BCUT2D eigenvalue weighted by Gasteiger charge is -2.48. The number of hydrogen-bond donors (Lipinski definition) is 0. The van der Waals surface area contributed by atoms with Crippen molar-refractivity contribution in [1.82, 2.24) is 4.31 Å². The Labute approximate surface area is 166 Å². The molecule has 1 aliphatic carbocycles. The first-order chi connectivity index (χ1) is 12.2. The molecule has 0 unspecified atom stereocenters. The average molecular weight is 441 g/mol. The molecule has 2 atom stereocenters. The number of hydrogen-bond acceptors (Lipinski definition) is 3. The zero-order chi connectivity index (χ0) is 18.7. The Morgan fingerprint density at radius 2 is 1.65 bits per heavy atom. The summed E-state index contributed by atoms with van der Waals surface area (Å²) < 4.78 is 29.5. The fourth-order valence-electron chi connectivity index (χ4n) is 4.71. The van der Waals surface area contributed by atoms with E-state index in [1.807, 2.05) is 12.1 Å². The molecule has 6 heteroatoms. The average Bonchev–Trinajstić information content (AvgIpc) is 3.05. The number of rotatable bonds is 3. The van der Waals surface area contributed by atoms with Gasteiger partial charge in [0.25, 0.3) is 0 Å². The number of halogens is 1. The summed E-state index contributed by atoms with van der Waals surface area (Å²) in [5, 5.41) is 0. The lowest BCUT2D eigenvalue weighted by molar-refractivity contribution is 0.195. The van der Waals surface area contributed by atoms with Crippen LogP contribution in [0, 0.1) is 23.2 Å². The van der Waals surface area contributed by atoms with E-state index in [0.717, 1.165) is 23.2 Å². The molecule has 0 spiro atoms. The van der Waals surface area contributed by atoms with Crippen LogP contribution in [0.25, 0.3) is 0 Å². The zero-order valence-electron chi connectivity index (χ0n) is 15.9. The van der Waals surface area contributed by atoms with Gasteiger partial charge < -0.3 is 4.90 Å². The van der Waals surface area contributed by atoms with Crippen molar-refractivity contribution in [2.24, 2.45) is 23.2 Å². The van der Waals surface area contributed by atoms with Crippen molar-refractivity contribution >= 4 is 31.6 Å². The van der Waals surface area contributed by atoms with E-state index >= 15 is 0 Å². The third kappa shape index (κ3) is 3.22. The summed E-state index contributed by atoms with van der Waals surface area (Å²) in [6.45, 7) is 10.0. The number of anilines is 1. The lowest BCUT2D eigenvalue weighted by atomic mass is 9.76. The molecule has 0 radical (unpaired) electrons. The Balaban J connectivity index is 1.61. The van der Waals surface area contributed by atoms with E-state index in [1.54, 1.807) is 10.4 Å². The lowest BCUT2D eigenvalue weighted by Crippen LogP contribution is -2.52. The standard InChI is InChI=1S/C20H29BrN2O2S/c1-20(2,3)16-12-22(13-16)18-9-17(21)7-8-19(18)26(24,25)23-10-14-5-4-6-15(14)11-23/h7-9,14-16H,4-6,10-13H2,1-3H3/t14-,15+. The third-order valence-corrected chi connectivity index (χ3v) is 9.05. The molecule has 2 aliphatic heterocycles. The van der Waals surface area contributed by atoms with E-state index in [2.05, 4.69) is 41.6 Å². The van der Waals surface area contributed by atoms with Gasteiger partial charge in [0.15, 0.2) is 0 Å². The molecule has 144 valence electrons. The second-order valence-corrected chi connectivity index (χ2v) is 12.2. The Morgan fingerprint density at radius 1 is 1.04 bits per heavy atom. The van der Waals surface area contributed by atoms with E-state index in [-0.39, 0.29) is 5.41 Å². The molecule has 26 heavy (non-hydrogen) atoms. The first-order valence-electron chi connectivity index (χ1n) is 9.71. The van der Waals surface area contributed by atoms with Crippen molar-refractivity contribution in [3.8, 4) is 0 Å². The molecule has 0 bridgehead atoms. The Morgan fingerprint density at radius 3 is 2.23 bits per heavy atom. The minimum absolute atomic E-state index is 0.258. The largest absolute Gasteiger partial charge is 0.370 e. The third-order valence-electron chi connectivity index (χ3n) is 6.68. The van der Waals surface area contributed by atoms with Crippen LogP contribution in [0.4, 0.5) is 5.69 Å². The number of sulfonamides is 1. The highest BCUT2D eigenvalue weighted by Gasteiger charge is 2.43. The molecule has 2 saturated heterocycles. The van der Waals surface area contributed by atoms with Crippen LogP contribution in [0.1, 0.15) is 40.0 Å². The van der Waals surface area contributed by atoms with Crippen molar-refractivity contribution in [2.75, 3.05) is 31.1 Å². The molecule has 0 aromatic heterocycles. The second kappa shape index (κ2) is 6.49. The van der Waals surface area contributed by atoms with Crippen molar-refractivity contribution in [3.05, 3.63) is 22.7 Å². The predicted octanol–water partition coefficient (Wildman–Crippen LogP) is 4.35. The molecule has 4 rings (SSSR count). The van der Waals surface area contributed by atoms with E-state index in [9.17, 15) is 8.42 Å². The first-order valence-corrected chi connectivity index (χ1v) is 11.9. The van der Waals surface area contributed by atoms with E-state index in [0.29, 0.717) is 35.7 Å². The normalized spacial score (nSPS) is 27.6. The Kier molecular flexibility index (Phi) is 4.68. The highest BCUT2D eigenvalue weighted by atomic mass is 79.9. The van der Waals surface area contributed by atoms with Gasteiger partial charge in [-0.15, -0.1) is 0 Å². The van der Waals surface area contributed by atoms with Gasteiger partial charge in [-0.05, 0) is 54.2 Å². The predicted molar refractivity (Wildman–Crippen MR) is 109 cm³/mol. The van der Waals surface area contributed by atoms with Gasteiger partial charge in [0, 0.05) is 30.7 Å². The van der Waals surface area contributed by atoms with E-state index in [4.69, 9.17) is 0 Å². The second-order valence-electron chi connectivity index (χ2n) is 9.35. The van der Waals surface area contributed by atoms with Gasteiger partial charge in [0.2, 0.25) is 10.0 Å². The molecule has 0 amide bonds. The fourth-order valence-corrected chi connectivity index (χ4v) is 6.80. The van der Waals surface area contributed by atoms with Crippen molar-refractivity contribution < 1.29 is 8.42 Å². The maximum atomic E-state index is 13.4. The van der Waals surface area contributed by atoms with Gasteiger partial charge in [0.1, 0.15) is 4.90 Å². The summed E-state index contributed by atoms with van der Waals surface area (Å²) >= 11 is 3.53. The highest BCUT2D eigenvalue weighted by Crippen LogP contribution is 2.43. The summed E-state index contributed by atoms with van der Waals surface area (Å²) in [6, 6.07) is 5.62. The summed E-state index contributed by atoms with van der Waals surface area (Å²) in [5.74, 6) is 1.74. The van der Waals surface area contributed by atoms with Crippen LogP contribution in [0.3, 0.4) is 0 Å². The number of nitrogens with zero attached hydrogens (tertiary/aromatic N) is 2. The van der Waals surface area contributed by atoms with Gasteiger partial charge in [0.05, 0.1) is 5.69 Å². The highest BCUT2D eigenvalue weighted by molar-refractivity contribution is 9.10. The monoisotopic (exact) mass is 440 g/mol. The minimum Gasteiger partial charge on any atom is -0.370 e. The first kappa shape index (κ1) is 18.8. The van der Waals surface area contributed by atoms with E-state index in [1.165, 1.54) is 19.3 Å². The molecule has 3 aliphatic rings. The zero-order valence-corrected chi connectivity index (χ0v) is 18.3. The van der Waals surface area contributed by atoms with Gasteiger partial charge in [-0.2, -0.15) is 4.31 Å². The summed E-state index contributed by atoms with van der Waals surface area (Å²) in [6.07, 6.45) is 3.63. The number of benzene rings is 1. The Hall–Kier alpha value is -0.590. The molecule has 2 heterocycles. The quantitative estimate of drug-likeness (QED) is 0.700. The van der Waals surface area contributed by atoms with Crippen molar-refractivity contribution in [2.45, 2.75) is 44.9 Å². The molecular weight excluding hydrogens is 412 g/mol. The molecular formula is C20H29BrN2O2S. The molecule has 4 nitrogen and oxygen atoms in total. The smallest absolute Gasteiger partial charge is 0.245 e. The summed E-state index contributed by atoms with van der Waals surface area (Å²) in [5.41, 5.74) is 1.12. The van der Waals surface area contributed by atoms with Crippen LogP contribution >= 0.6 is 15.9 Å². The van der Waals surface area contributed by atoms with Gasteiger partial charge in [-0.25, -0.2) is 8.42 Å². The molecule has 1 saturated carbocycles. The van der Waals surface area contributed by atoms with Gasteiger partial charge in [-0.1, -0.05) is 43.1 Å². The molecule has 0 N–H and O–H groups in total. The summed E-state index contributed by atoms with van der Waals surface area (Å²) in [7, 11) is -3.43. The van der Waals surface area contributed by atoms with Crippen LogP contribution in [-0.2, 0) is 10.0 Å². The van der Waals surface area contributed by atoms with Crippen molar-refractivity contribution in [1.29, 1.82) is 0 Å².